The quantitative estimate of drug-likeness (QED) is 0.171. The van der Waals surface area contributed by atoms with Gasteiger partial charge in [0.25, 0.3) is 5.56 Å². The van der Waals surface area contributed by atoms with Gasteiger partial charge in [-0.15, -0.1) is 0 Å². The molecule has 0 saturated carbocycles. The van der Waals surface area contributed by atoms with E-state index >= 15 is 0 Å². The Bertz CT molecular complexity index is 1980. The lowest BCUT2D eigenvalue weighted by Gasteiger charge is -2.25. The van der Waals surface area contributed by atoms with E-state index in [4.69, 9.17) is 49.0 Å². The number of hydrogen-bond donors (Lipinski definition) is 0. The first-order valence-electron chi connectivity index (χ1n) is 14.3. The number of carbonyl (C=O) groups is 1. The average Bonchev–Trinajstić information content (AvgIpc) is 3.30. The van der Waals surface area contributed by atoms with Crippen LogP contribution < -0.4 is 24.4 Å². The molecule has 0 radical (unpaired) electrons. The van der Waals surface area contributed by atoms with Gasteiger partial charge in [-0.25, -0.2) is 9.79 Å². The SMILES string of the molecule is CCOC(=O)C1=C(C)N=c2sc(=Cc3cc(Cl)c(OCc4ccc(Cl)cc4Cl)c(OC)c3)c(=O)n2C1c1ccc(C(C)C)cc1. The molecule has 0 N–H and O–H groups in total. The van der Waals surface area contributed by atoms with Crippen LogP contribution in [0.1, 0.15) is 61.9 Å². The topological polar surface area (TPSA) is 79.1 Å². The standard InChI is InChI=1S/C34H31Cl3N2O5S/c1-6-43-33(41)29-19(4)38-34-39(30(29)22-9-7-21(8-10-22)18(2)3)32(40)28(45-34)15-20-13-26(37)31(27(14-20)42-5)44-17-23-11-12-24(35)16-25(23)36/h7-16,18,30H,6,17H2,1-5H3. The maximum atomic E-state index is 14.0. The molecular weight excluding hydrogens is 655 g/mol. The predicted molar refractivity (Wildman–Crippen MR) is 180 cm³/mol. The Morgan fingerprint density at radius 1 is 1.07 bits per heavy atom. The summed E-state index contributed by atoms with van der Waals surface area (Å²) in [5.41, 5.74) is 3.84. The molecule has 7 nitrogen and oxygen atoms in total. The van der Waals surface area contributed by atoms with Crippen LogP contribution in [0.15, 0.2) is 75.7 Å². The van der Waals surface area contributed by atoms with Gasteiger partial charge in [0.2, 0.25) is 0 Å². The third-order valence-corrected chi connectivity index (χ3v) is 9.22. The summed E-state index contributed by atoms with van der Waals surface area (Å²) in [6.07, 6.45) is 1.72. The molecule has 0 spiro atoms. The summed E-state index contributed by atoms with van der Waals surface area (Å²) in [7, 11) is 1.51. The third-order valence-electron chi connectivity index (χ3n) is 7.37. The van der Waals surface area contributed by atoms with Gasteiger partial charge >= 0.3 is 5.97 Å². The molecule has 45 heavy (non-hydrogen) atoms. The normalized spacial score (nSPS) is 14.8. The molecule has 0 saturated heterocycles. The van der Waals surface area contributed by atoms with Gasteiger partial charge in [0.15, 0.2) is 16.3 Å². The molecule has 0 amide bonds. The summed E-state index contributed by atoms with van der Waals surface area (Å²) in [6.45, 7) is 8.08. The Labute approximate surface area is 280 Å². The van der Waals surface area contributed by atoms with E-state index in [0.717, 1.165) is 16.7 Å². The van der Waals surface area contributed by atoms with Gasteiger partial charge in [-0.2, -0.15) is 0 Å². The van der Waals surface area contributed by atoms with Gasteiger partial charge < -0.3 is 14.2 Å². The smallest absolute Gasteiger partial charge is 0.338 e. The minimum absolute atomic E-state index is 0.143. The largest absolute Gasteiger partial charge is 0.493 e. The van der Waals surface area contributed by atoms with Crippen LogP contribution in [-0.4, -0.2) is 24.3 Å². The number of esters is 1. The number of fused-ring (bicyclic) bond motifs is 1. The third kappa shape index (κ3) is 6.84. The van der Waals surface area contributed by atoms with Gasteiger partial charge in [0.05, 0.1) is 40.6 Å². The van der Waals surface area contributed by atoms with Crippen LogP contribution in [0.3, 0.4) is 0 Å². The molecule has 1 unspecified atom stereocenters. The van der Waals surface area contributed by atoms with Gasteiger partial charge in [0.1, 0.15) is 6.61 Å². The van der Waals surface area contributed by atoms with Crippen LogP contribution in [0.5, 0.6) is 11.5 Å². The average molecular weight is 686 g/mol. The highest BCUT2D eigenvalue weighted by Crippen LogP contribution is 2.38. The lowest BCUT2D eigenvalue weighted by atomic mass is 9.93. The molecular formula is C34H31Cl3N2O5S. The highest BCUT2D eigenvalue weighted by molar-refractivity contribution is 7.07. The fourth-order valence-corrected chi connectivity index (χ4v) is 6.86. The predicted octanol–water partition coefficient (Wildman–Crippen LogP) is 7.47. The first-order chi connectivity index (χ1) is 21.5. The van der Waals surface area contributed by atoms with Crippen LogP contribution in [-0.2, 0) is 16.1 Å². The minimum atomic E-state index is -0.697. The fraction of sp³-hybridized carbons (Fsp3) is 0.265. The second kappa shape index (κ2) is 13.8. The molecule has 3 aromatic carbocycles. The van der Waals surface area contributed by atoms with Crippen molar-refractivity contribution in [3.8, 4) is 11.5 Å². The van der Waals surface area contributed by atoms with Crippen molar-refractivity contribution in [3.05, 3.63) is 123 Å². The van der Waals surface area contributed by atoms with E-state index in [2.05, 4.69) is 18.8 Å². The Morgan fingerprint density at radius 3 is 2.44 bits per heavy atom. The number of benzene rings is 3. The summed E-state index contributed by atoms with van der Waals surface area (Å²) < 4.78 is 19.0. The monoisotopic (exact) mass is 684 g/mol. The van der Waals surface area contributed by atoms with Crippen LogP contribution >= 0.6 is 46.1 Å². The van der Waals surface area contributed by atoms with Crippen LogP contribution in [0, 0.1) is 0 Å². The van der Waals surface area contributed by atoms with E-state index in [1.165, 1.54) is 18.4 Å². The Hall–Kier alpha value is -3.56. The number of allylic oxidation sites excluding steroid dienone is 1. The van der Waals surface area contributed by atoms with Gasteiger partial charge in [-0.3, -0.25) is 9.36 Å². The zero-order valence-corrected chi connectivity index (χ0v) is 28.4. The minimum Gasteiger partial charge on any atom is -0.493 e. The fourth-order valence-electron chi connectivity index (χ4n) is 5.07. The molecule has 0 bridgehead atoms. The number of methoxy groups -OCH3 is 1. The Kier molecular flexibility index (Phi) is 10.1. The number of aromatic nitrogens is 1. The molecule has 1 aliphatic rings. The maximum Gasteiger partial charge on any atom is 0.338 e. The number of nitrogens with zero attached hydrogens (tertiary/aromatic N) is 2. The number of hydrogen-bond acceptors (Lipinski definition) is 7. The van der Waals surface area contributed by atoms with Gasteiger partial charge in [-0.05, 0) is 66.8 Å². The molecule has 234 valence electrons. The number of halogens is 3. The summed E-state index contributed by atoms with van der Waals surface area (Å²) in [5, 5.41) is 1.29. The summed E-state index contributed by atoms with van der Waals surface area (Å²) in [4.78, 5) is 32.4. The maximum absolute atomic E-state index is 14.0. The second-order valence-electron chi connectivity index (χ2n) is 10.7. The van der Waals surface area contributed by atoms with E-state index in [0.29, 0.717) is 58.7 Å². The first kappa shape index (κ1) is 32.8. The van der Waals surface area contributed by atoms with Crippen molar-refractivity contribution in [1.29, 1.82) is 0 Å². The molecule has 0 fully saturated rings. The first-order valence-corrected chi connectivity index (χ1v) is 16.2. The zero-order valence-electron chi connectivity index (χ0n) is 25.3. The van der Waals surface area contributed by atoms with Crippen molar-refractivity contribution in [2.75, 3.05) is 13.7 Å². The molecule has 1 aromatic heterocycles. The molecule has 1 atom stereocenters. The molecule has 2 heterocycles. The van der Waals surface area contributed by atoms with Gasteiger partial charge in [0, 0.05) is 15.6 Å². The van der Waals surface area contributed by atoms with Crippen molar-refractivity contribution in [3.63, 3.8) is 0 Å². The van der Waals surface area contributed by atoms with E-state index in [1.807, 2.05) is 24.3 Å². The molecule has 5 rings (SSSR count). The van der Waals surface area contributed by atoms with E-state index in [-0.39, 0.29) is 18.8 Å². The van der Waals surface area contributed by atoms with E-state index in [9.17, 15) is 9.59 Å². The van der Waals surface area contributed by atoms with Crippen LogP contribution in [0.25, 0.3) is 6.08 Å². The lowest BCUT2D eigenvalue weighted by molar-refractivity contribution is -0.139. The highest BCUT2D eigenvalue weighted by Gasteiger charge is 2.33. The number of carbonyl (C=O) groups excluding carboxylic acids is 1. The van der Waals surface area contributed by atoms with E-state index < -0.39 is 12.0 Å². The van der Waals surface area contributed by atoms with Crippen LogP contribution in [0.4, 0.5) is 0 Å². The zero-order chi connectivity index (χ0) is 32.4. The molecule has 1 aliphatic heterocycles. The van der Waals surface area contributed by atoms with Gasteiger partial charge in [-0.1, -0.05) is 90.3 Å². The molecule has 0 aliphatic carbocycles. The Balaban J connectivity index is 1.57. The van der Waals surface area contributed by atoms with Crippen molar-refractivity contribution in [2.24, 2.45) is 4.99 Å². The van der Waals surface area contributed by atoms with Crippen molar-refractivity contribution >= 4 is 58.2 Å². The summed E-state index contributed by atoms with van der Waals surface area (Å²) >= 11 is 20.2. The number of ether oxygens (including phenoxy) is 3. The lowest BCUT2D eigenvalue weighted by Crippen LogP contribution is -2.39. The number of rotatable bonds is 9. The van der Waals surface area contributed by atoms with Crippen molar-refractivity contribution < 1.29 is 19.0 Å². The summed E-state index contributed by atoms with van der Waals surface area (Å²) in [6, 6.07) is 15.8. The summed E-state index contributed by atoms with van der Waals surface area (Å²) in [5.74, 6) is 0.551. The molecule has 11 heteroatoms. The van der Waals surface area contributed by atoms with E-state index in [1.54, 1.807) is 54.8 Å². The number of thiazole rings is 1. The second-order valence-corrected chi connectivity index (χ2v) is 12.9. The van der Waals surface area contributed by atoms with Crippen molar-refractivity contribution in [2.45, 2.75) is 46.3 Å². The Morgan fingerprint density at radius 2 is 1.80 bits per heavy atom. The van der Waals surface area contributed by atoms with Crippen LogP contribution in [0.2, 0.25) is 15.1 Å². The van der Waals surface area contributed by atoms with Crippen molar-refractivity contribution in [1.82, 2.24) is 4.57 Å². The highest BCUT2D eigenvalue weighted by atomic mass is 35.5. The molecule has 4 aromatic rings.